The summed E-state index contributed by atoms with van der Waals surface area (Å²) in [4.78, 5) is 37.7. The monoisotopic (exact) mass is 616 g/mol. The summed E-state index contributed by atoms with van der Waals surface area (Å²) in [5.74, 6) is -0.901. The average Bonchev–Trinajstić information content (AvgIpc) is 3.05. The Morgan fingerprint density at radius 3 is 1.82 bits per heavy atom. The van der Waals surface area contributed by atoms with Gasteiger partial charge < -0.3 is 28.4 Å². The molecule has 3 rings (SSSR count). The zero-order valence-corrected chi connectivity index (χ0v) is 26.4. The first-order valence-electron chi connectivity index (χ1n) is 15.4. The lowest BCUT2D eigenvalue weighted by Gasteiger charge is -2.31. The van der Waals surface area contributed by atoms with Crippen molar-refractivity contribution in [2.24, 2.45) is 0 Å². The number of hydrogen-bond donors (Lipinski definition) is 0. The Hall–Kier alpha value is -3.00. The van der Waals surface area contributed by atoms with Gasteiger partial charge in [-0.3, -0.25) is 9.80 Å². The molecule has 1 aliphatic rings. The second-order valence-electron chi connectivity index (χ2n) is 10.4. The topological polar surface area (TPSA) is 122 Å². The van der Waals surface area contributed by atoms with E-state index in [1.807, 2.05) is 24.3 Å². The van der Waals surface area contributed by atoms with E-state index in [0.29, 0.717) is 91.3 Å². The molecule has 1 fully saturated rings. The summed E-state index contributed by atoms with van der Waals surface area (Å²) >= 11 is 0. The van der Waals surface area contributed by atoms with Crippen molar-refractivity contribution >= 4 is 11.9 Å². The molecule has 1 aliphatic heterocycles. The fourth-order valence-corrected chi connectivity index (χ4v) is 4.87. The summed E-state index contributed by atoms with van der Waals surface area (Å²) in [5.41, 5.74) is 2.20. The molecular weight excluding hydrogens is 568 g/mol. The molecule has 0 aliphatic carbocycles. The van der Waals surface area contributed by atoms with Gasteiger partial charge in [0.1, 0.15) is 11.4 Å². The summed E-state index contributed by atoms with van der Waals surface area (Å²) in [7, 11) is 2.71. The van der Waals surface area contributed by atoms with Crippen LogP contribution >= 0.6 is 0 Å². The number of methoxy groups -OCH3 is 2. The van der Waals surface area contributed by atoms with Crippen molar-refractivity contribution in [1.29, 1.82) is 0 Å². The van der Waals surface area contributed by atoms with E-state index in [1.165, 1.54) is 14.2 Å². The number of ether oxygens (including phenoxy) is 6. The van der Waals surface area contributed by atoms with Crippen LogP contribution in [0.4, 0.5) is 0 Å². The van der Waals surface area contributed by atoms with E-state index in [2.05, 4.69) is 26.7 Å². The molecule has 12 heteroatoms. The molecule has 0 amide bonds. The minimum absolute atomic E-state index is 0.0126. The van der Waals surface area contributed by atoms with Gasteiger partial charge >= 0.3 is 11.9 Å². The molecule has 244 valence electrons. The number of unbranched alkanes of at least 4 members (excludes halogenated alkanes) is 1. The van der Waals surface area contributed by atoms with Crippen molar-refractivity contribution in [1.82, 2.24) is 19.8 Å². The number of pyridine rings is 2. The molecule has 0 saturated carbocycles. The van der Waals surface area contributed by atoms with E-state index < -0.39 is 11.9 Å². The number of carbonyl (C=O) groups is 2. The van der Waals surface area contributed by atoms with Gasteiger partial charge in [-0.15, -0.1) is 0 Å². The lowest BCUT2D eigenvalue weighted by Crippen LogP contribution is -2.36. The Bertz CT molecular complexity index is 1100. The molecule has 0 N–H and O–H groups in total. The third kappa shape index (κ3) is 12.5. The van der Waals surface area contributed by atoms with Gasteiger partial charge in [0.25, 0.3) is 0 Å². The molecular formula is C32H48N4O8. The minimum atomic E-state index is -0.456. The van der Waals surface area contributed by atoms with Crippen LogP contribution < -0.4 is 0 Å². The van der Waals surface area contributed by atoms with E-state index in [0.717, 1.165) is 30.7 Å². The minimum Gasteiger partial charge on any atom is -0.464 e. The van der Waals surface area contributed by atoms with Crippen LogP contribution in [0.1, 0.15) is 64.6 Å². The van der Waals surface area contributed by atoms with Crippen LogP contribution in [-0.4, -0.2) is 125 Å². The number of hydrogen-bond acceptors (Lipinski definition) is 12. The van der Waals surface area contributed by atoms with Gasteiger partial charge in [-0.05, 0) is 30.7 Å². The van der Waals surface area contributed by atoms with Gasteiger partial charge in [-0.25, -0.2) is 19.6 Å². The highest BCUT2D eigenvalue weighted by Gasteiger charge is 2.23. The summed E-state index contributed by atoms with van der Waals surface area (Å²) in [6, 6.07) is 10.9. The summed E-state index contributed by atoms with van der Waals surface area (Å²) in [5, 5.41) is 0. The van der Waals surface area contributed by atoms with Crippen molar-refractivity contribution in [3.63, 3.8) is 0 Å². The Kier molecular flexibility index (Phi) is 16.8. The van der Waals surface area contributed by atoms with Gasteiger partial charge in [0, 0.05) is 32.7 Å². The third-order valence-corrected chi connectivity index (χ3v) is 7.26. The van der Waals surface area contributed by atoms with E-state index >= 15 is 0 Å². The molecule has 0 radical (unpaired) electrons. The molecule has 2 aromatic rings. The van der Waals surface area contributed by atoms with Gasteiger partial charge in [0.2, 0.25) is 0 Å². The third-order valence-electron chi connectivity index (χ3n) is 7.26. The second kappa shape index (κ2) is 20.9. The average molecular weight is 617 g/mol. The van der Waals surface area contributed by atoms with Gasteiger partial charge in [0.15, 0.2) is 0 Å². The highest BCUT2D eigenvalue weighted by Crippen LogP contribution is 2.25. The van der Waals surface area contributed by atoms with E-state index in [-0.39, 0.29) is 11.7 Å². The molecule has 1 unspecified atom stereocenters. The molecule has 12 nitrogen and oxygen atoms in total. The van der Waals surface area contributed by atoms with Crippen LogP contribution in [0.3, 0.4) is 0 Å². The van der Waals surface area contributed by atoms with Crippen molar-refractivity contribution in [3.8, 4) is 0 Å². The van der Waals surface area contributed by atoms with E-state index in [4.69, 9.17) is 28.4 Å². The summed E-state index contributed by atoms with van der Waals surface area (Å²) in [6.45, 7) is 9.45. The predicted octanol–water partition coefficient (Wildman–Crippen LogP) is 3.17. The first-order valence-corrected chi connectivity index (χ1v) is 15.4. The lowest BCUT2D eigenvalue weighted by molar-refractivity contribution is 0.000283. The van der Waals surface area contributed by atoms with Gasteiger partial charge in [-0.1, -0.05) is 31.9 Å². The van der Waals surface area contributed by atoms with Crippen LogP contribution in [0.15, 0.2) is 36.4 Å². The maximum Gasteiger partial charge on any atom is 0.356 e. The predicted molar refractivity (Wildman–Crippen MR) is 164 cm³/mol. The zero-order chi connectivity index (χ0) is 31.4. The lowest BCUT2D eigenvalue weighted by atomic mass is 10.0. The second-order valence-corrected chi connectivity index (χ2v) is 10.4. The Morgan fingerprint density at radius 2 is 1.27 bits per heavy atom. The molecule has 1 atom stereocenters. The Morgan fingerprint density at radius 1 is 0.750 bits per heavy atom. The van der Waals surface area contributed by atoms with Crippen LogP contribution in [0.5, 0.6) is 0 Å². The van der Waals surface area contributed by atoms with Crippen molar-refractivity contribution in [2.45, 2.75) is 38.8 Å². The maximum atomic E-state index is 12.2. The standard InChI is InChI=1S/C32H48N4O8/c1-4-5-12-30(27-9-7-11-29(34-27)32(38)40-3)36-15-19-43-23-21-41-17-13-35(14-18-42-22-24-44-20-16-36)25-26-8-6-10-28(33-26)31(37)39-2/h6-11,30H,4-5,12-25H2,1-3H3. The fourth-order valence-electron chi connectivity index (χ4n) is 4.87. The number of rotatable bonds is 9. The van der Waals surface area contributed by atoms with Crippen LogP contribution in [0.25, 0.3) is 0 Å². The summed E-state index contributed by atoms with van der Waals surface area (Å²) in [6.07, 6.45) is 2.98. The SMILES string of the molecule is CCCCC(c1cccc(C(=O)OC)n1)N1CCOCCOCCN(Cc2cccc(C(=O)OC)n2)CCOCCOCC1. The maximum absolute atomic E-state index is 12.2. The quantitative estimate of drug-likeness (QED) is 0.385. The summed E-state index contributed by atoms with van der Waals surface area (Å²) < 4.78 is 33.4. The van der Waals surface area contributed by atoms with Crippen molar-refractivity contribution < 1.29 is 38.0 Å². The molecule has 2 aromatic heterocycles. The smallest absolute Gasteiger partial charge is 0.356 e. The van der Waals surface area contributed by atoms with Crippen LogP contribution in [0, 0.1) is 0 Å². The van der Waals surface area contributed by atoms with E-state index in [9.17, 15) is 9.59 Å². The fraction of sp³-hybridized carbons (Fsp3) is 0.625. The largest absolute Gasteiger partial charge is 0.464 e. The van der Waals surface area contributed by atoms with Crippen molar-refractivity contribution in [2.75, 3.05) is 93.3 Å². The molecule has 0 bridgehead atoms. The molecule has 0 aromatic carbocycles. The number of aromatic nitrogens is 2. The Labute approximate surface area is 260 Å². The highest BCUT2D eigenvalue weighted by molar-refractivity contribution is 5.87. The first-order chi connectivity index (χ1) is 21.5. The van der Waals surface area contributed by atoms with Crippen LogP contribution in [0.2, 0.25) is 0 Å². The zero-order valence-electron chi connectivity index (χ0n) is 26.4. The molecule has 0 spiro atoms. The van der Waals surface area contributed by atoms with Gasteiger partial charge in [-0.2, -0.15) is 0 Å². The normalized spacial score (nSPS) is 18.1. The molecule has 1 saturated heterocycles. The molecule has 3 heterocycles. The Balaban J connectivity index is 1.58. The number of esters is 2. The highest BCUT2D eigenvalue weighted by atomic mass is 16.5. The van der Waals surface area contributed by atoms with E-state index in [1.54, 1.807) is 12.1 Å². The van der Waals surface area contributed by atoms with Crippen LogP contribution in [-0.2, 0) is 35.0 Å². The first kappa shape index (κ1) is 35.5. The van der Waals surface area contributed by atoms with Crippen molar-refractivity contribution in [3.05, 3.63) is 59.2 Å². The number of carbonyl (C=O) groups excluding carboxylic acids is 2. The van der Waals surface area contributed by atoms with Gasteiger partial charge in [0.05, 0.1) is 84.5 Å². The molecule has 44 heavy (non-hydrogen) atoms. The number of nitrogens with zero attached hydrogens (tertiary/aromatic N) is 4.